The Morgan fingerprint density at radius 2 is 2.14 bits per heavy atom. The van der Waals surface area contributed by atoms with Crippen molar-refractivity contribution in [2.24, 2.45) is 5.92 Å². The van der Waals surface area contributed by atoms with E-state index in [0.29, 0.717) is 17.9 Å². The number of halogens is 3. The largest absolute Gasteiger partial charge is 0.459 e. The summed E-state index contributed by atoms with van der Waals surface area (Å²) < 4.78 is 37.0. The second kappa shape index (κ2) is 4.98. The lowest BCUT2D eigenvalue weighted by Gasteiger charge is -2.33. The number of piperidine rings is 1. The van der Waals surface area contributed by atoms with Crippen LogP contribution in [0.5, 0.6) is 0 Å². The molecule has 0 bridgehead atoms. The molecule has 1 aliphatic rings. The minimum Gasteiger partial charge on any atom is -0.317 e. The van der Waals surface area contributed by atoms with Crippen LogP contribution in [0.3, 0.4) is 0 Å². The fourth-order valence-corrected chi connectivity index (χ4v) is 1.81. The zero-order chi connectivity index (χ0) is 10.6. The number of rotatable bonds is 3. The first-order valence-corrected chi connectivity index (χ1v) is 5.06. The van der Waals surface area contributed by atoms with Gasteiger partial charge in [-0.25, -0.2) is 4.90 Å². The van der Waals surface area contributed by atoms with Crippen LogP contribution in [0.4, 0.5) is 13.2 Å². The van der Waals surface area contributed by atoms with Crippen molar-refractivity contribution in [2.45, 2.75) is 26.1 Å². The fraction of sp³-hybridized carbons (Fsp3) is 1.00. The van der Waals surface area contributed by atoms with Gasteiger partial charge in [0.05, 0.1) is 0 Å². The maximum atomic E-state index is 12.3. The second-order valence-corrected chi connectivity index (χ2v) is 3.73. The van der Waals surface area contributed by atoms with Gasteiger partial charge in [0.1, 0.15) is 0 Å². The Bertz CT molecular complexity index is 170. The lowest BCUT2D eigenvalue weighted by molar-refractivity contribution is -0.253. The lowest BCUT2D eigenvalue weighted by atomic mass is 9.98. The predicted octanol–water partition coefficient (Wildman–Crippen LogP) is 1.83. The molecule has 0 aromatic carbocycles. The van der Waals surface area contributed by atoms with Crippen molar-refractivity contribution in [1.82, 2.24) is 10.2 Å². The van der Waals surface area contributed by atoms with Crippen molar-refractivity contribution < 1.29 is 13.2 Å². The molecule has 1 unspecified atom stereocenters. The molecule has 1 rings (SSSR count). The van der Waals surface area contributed by atoms with Crippen LogP contribution in [0.1, 0.15) is 19.8 Å². The van der Waals surface area contributed by atoms with Crippen molar-refractivity contribution in [3.05, 3.63) is 0 Å². The van der Waals surface area contributed by atoms with Gasteiger partial charge in [-0.3, -0.25) is 0 Å². The quantitative estimate of drug-likeness (QED) is 0.715. The summed E-state index contributed by atoms with van der Waals surface area (Å²) in [6.07, 6.45) is -2.60. The van der Waals surface area contributed by atoms with E-state index in [4.69, 9.17) is 0 Å². The van der Waals surface area contributed by atoms with E-state index >= 15 is 0 Å². The van der Waals surface area contributed by atoms with E-state index < -0.39 is 6.30 Å². The molecule has 0 aromatic heterocycles. The van der Waals surface area contributed by atoms with Gasteiger partial charge >= 0.3 is 6.30 Å². The molecule has 14 heavy (non-hydrogen) atoms. The highest BCUT2D eigenvalue weighted by Crippen LogP contribution is 2.27. The average Bonchev–Trinajstić information content (AvgIpc) is 2.14. The molecule has 0 aliphatic carbocycles. The maximum Gasteiger partial charge on any atom is 0.459 e. The summed E-state index contributed by atoms with van der Waals surface area (Å²) in [5, 5.41) is 3.10. The Morgan fingerprint density at radius 1 is 1.43 bits per heavy atom. The molecule has 0 spiro atoms. The second-order valence-electron chi connectivity index (χ2n) is 3.73. The monoisotopic (exact) mass is 210 g/mol. The number of alkyl halides is 3. The molecular formula is C9H17F3N2. The summed E-state index contributed by atoms with van der Waals surface area (Å²) in [5.74, 6) is 0.144. The summed E-state index contributed by atoms with van der Waals surface area (Å²) in [4.78, 5) is 0.624. The van der Waals surface area contributed by atoms with Crippen LogP contribution < -0.4 is 5.32 Å². The van der Waals surface area contributed by atoms with E-state index in [9.17, 15) is 13.2 Å². The molecule has 2 nitrogen and oxygen atoms in total. The van der Waals surface area contributed by atoms with Gasteiger partial charge in [0.2, 0.25) is 0 Å². The van der Waals surface area contributed by atoms with Crippen LogP contribution in [0.15, 0.2) is 0 Å². The number of nitrogens with one attached hydrogen (secondary N) is 1. The minimum absolute atomic E-state index is 0.144. The third-order valence-electron chi connectivity index (χ3n) is 2.56. The van der Waals surface area contributed by atoms with Crippen molar-refractivity contribution in [1.29, 1.82) is 0 Å². The van der Waals surface area contributed by atoms with Gasteiger partial charge in [-0.05, 0) is 31.8 Å². The Labute approximate surface area is 82.5 Å². The highest BCUT2D eigenvalue weighted by Gasteiger charge is 2.39. The van der Waals surface area contributed by atoms with E-state index in [2.05, 4.69) is 5.32 Å². The highest BCUT2D eigenvalue weighted by atomic mass is 19.4. The molecule has 1 aliphatic heterocycles. The Hall–Kier alpha value is -0.290. The molecule has 0 aromatic rings. The summed E-state index contributed by atoms with van der Waals surface area (Å²) in [5.41, 5.74) is 0. The molecular weight excluding hydrogens is 193 g/mol. The number of hydrogen-bond donors (Lipinski definition) is 1. The average molecular weight is 210 g/mol. The van der Waals surface area contributed by atoms with Gasteiger partial charge in [0, 0.05) is 13.1 Å². The summed E-state index contributed by atoms with van der Waals surface area (Å²) in [7, 11) is 0. The highest BCUT2D eigenvalue weighted by molar-refractivity contribution is 4.75. The standard InChI is InChI=1S/C9H17F3N2/c1-2-13-6-8-4-3-5-14(7-8)9(10,11)12/h8,13H,2-7H2,1H3. The predicted molar refractivity (Wildman–Crippen MR) is 48.9 cm³/mol. The number of nitrogens with zero attached hydrogens (tertiary/aromatic N) is 1. The van der Waals surface area contributed by atoms with Crippen LogP contribution in [-0.2, 0) is 0 Å². The van der Waals surface area contributed by atoms with Gasteiger partial charge in [0.15, 0.2) is 0 Å². The van der Waals surface area contributed by atoms with Crippen LogP contribution in [0.2, 0.25) is 0 Å². The first kappa shape index (κ1) is 11.8. The first-order valence-electron chi connectivity index (χ1n) is 5.06. The van der Waals surface area contributed by atoms with Crippen molar-refractivity contribution >= 4 is 0 Å². The van der Waals surface area contributed by atoms with E-state index in [1.165, 1.54) is 0 Å². The van der Waals surface area contributed by atoms with Crippen LogP contribution in [-0.4, -0.2) is 37.4 Å². The van der Waals surface area contributed by atoms with E-state index in [1.54, 1.807) is 0 Å². The third-order valence-corrected chi connectivity index (χ3v) is 2.56. The summed E-state index contributed by atoms with van der Waals surface area (Å²) >= 11 is 0. The Kier molecular flexibility index (Phi) is 4.19. The van der Waals surface area contributed by atoms with Crippen molar-refractivity contribution in [3.63, 3.8) is 0 Å². The zero-order valence-corrected chi connectivity index (χ0v) is 8.40. The normalized spacial score (nSPS) is 25.3. The van der Waals surface area contributed by atoms with Gasteiger partial charge < -0.3 is 5.32 Å². The maximum absolute atomic E-state index is 12.3. The summed E-state index contributed by atoms with van der Waals surface area (Å²) in [6.45, 7) is 3.79. The number of likely N-dealkylation sites (tertiary alicyclic amines) is 1. The van der Waals surface area contributed by atoms with Gasteiger partial charge in [0.25, 0.3) is 0 Å². The Morgan fingerprint density at radius 3 is 2.71 bits per heavy atom. The molecule has 1 N–H and O–H groups in total. The summed E-state index contributed by atoms with van der Waals surface area (Å²) in [6, 6.07) is 0. The van der Waals surface area contributed by atoms with Crippen molar-refractivity contribution in [3.8, 4) is 0 Å². The van der Waals surface area contributed by atoms with Crippen LogP contribution in [0, 0.1) is 5.92 Å². The van der Waals surface area contributed by atoms with Crippen LogP contribution in [0.25, 0.3) is 0 Å². The molecule has 0 saturated carbocycles. The smallest absolute Gasteiger partial charge is 0.317 e. The topological polar surface area (TPSA) is 15.3 Å². The van der Waals surface area contributed by atoms with E-state index in [1.807, 2.05) is 6.92 Å². The molecule has 1 heterocycles. The first-order chi connectivity index (χ1) is 6.54. The van der Waals surface area contributed by atoms with Gasteiger partial charge in [-0.15, -0.1) is 0 Å². The molecule has 1 saturated heterocycles. The zero-order valence-electron chi connectivity index (χ0n) is 8.40. The Balaban J connectivity index is 2.36. The number of hydrogen-bond acceptors (Lipinski definition) is 2. The fourth-order valence-electron chi connectivity index (χ4n) is 1.81. The van der Waals surface area contributed by atoms with E-state index in [-0.39, 0.29) is 19.0 Å². The van der Waals surface area contributed by atoms with Crippen molar-refractivity contribution in [2.75, 3.05) is 26.2 Å². The molecule has 0 radical (unpaired) electrons. The third kappa shape index (κ3) is 3.46. The molecule has 1 fully saturated rings. The van der Waals surface area contributed by atoms with Crippen LogP contribution >= 0.6 is 0 Å². The minimum atomic E-state index is -4.15. The van der Waals surface area contributed by atoms with Gasteiger partial charge in [-0.2, -0.15) is 13.2 Å². The van der Waals surface area contributed by atoms with Gasteiger partial charge in [-0.1, -0.05) is 6.92 Å². The molecule has 1 atom stereocenters. The SMILES string of the molecule is CCNCC1CCCN(C(F)(F)F)C1. The van der Waals surface area contributed by atoms with E-state index in [0.717, 1.165) is 13.0 Å². The molecule has 5 heteroatoms. The lowest BCUT2D eigenvalue weighted by Crippen LogP contribution is -2.46. The molecule has 84 valence electrons. The molecule has 0 amide bonds.